The van der Waals surface area contributed by atoms with Gasteiger partial charge in [-0.25, -0.2) is 0 Å². The zero-order chi connectivity index (χ0) is 12.0. The maximum Gasteiger partial charge on any atom is 0.0192 e. The number of rotatable bonds is 0. The summed E-state index contributed by atoms with van der Waals surface area (Å²) < 4.78 is 0. The molecule has 0 aromatic heterocycles. The van der Waals surface area contributed by atoms with Crippen molar-refractivity contribution in [2.24, 2.45) is 22.9 Å². The second-order valence-electron chi connectivity index (χ2n) is 5.22. The van der Waals surface area contributed by atoms with E-state index in [9.17, 15) is 0 Å². The predicted molar refractivity (Wildman–Crippen MR) is 68.8 cm³/mol. The van der Waals surface area contributed by atoms with Crippen molar-refractivity contribution in [1.82, 2.24) is 0 Å². The monoisotopic (exact) mass is 321 g/mol. The van der Waals surface area contributed by atoms with Crippen LogP contribution in [-0.4, -0.2) is 24.2 Å². The van der Waals surface area contributed by atoms with E-state index in [0.29, 0.717) is 0 Å². The van der Waals surface area contributed by atoms with E-state index in [1.165, 1.54) is 25.7 Å². The molecule has 0 saturated heterocycles. The smallest absolute Gasteiger partial charge is 0.0192 e. The molecule has 18 heavy (non-hydrogen) atoms. The minimum Gasteiger partial charge on any atom is -1.00 e. The molecule has 0 aliphatic heterocycles. The summed E-state index contributed by atoms with van der Waals surface area (Å²) in [6, 6.07) is 1.12. The molecule has 0 aromatic rings. The number of halogens is 1. The van der Waals surface area contributed by atoms with E-state index in [1.54, 1.807) is 0 Å². The second-order valence-corrected chi connectivity index (χ2v) is 5.22. The largest absolute Gasteiger partial charge is 1.00 e. The topological polar surface area (TPSA) is 104 Å². The van der Waals surface area contributed by atoms with Gasteiger partial charge in [-0.3, -0.25) is 0 Å². The molecule has 4 unspecified atom stereocenters. The molecule has 4 nitrogen and oxygen atoms in total. The average molecular weight is 323 g/mol. The second kappa shape index (κ2) is 11.5. The molecule has 2 aliphatic rings. The summed E-state index contributed by atoms with van der Waals surface area (Å²) in [5.74, 6) is 0. The third-order valence-electron chi connectivity index (χ3n) is 3.75. The number of nitrogens with two attached hydrogens (primary N) is 4. The van der Waals surface area contributed by atoms with E-state index in [4.69, 9.17) is 22.9 Å². The van der Waals surface area contributed by atoms with E-state index in [-0.39, 0.29) is 53.1 Å². The minimum atomic E-state index is 0. The summed E-state index contributed by atoms with van der Waals surface area (Å²) in [7, 11) is 0. The number of hydrogen-bond donors (Lipinski definition) is 4. The van der Waals surface area contributed by atoms with Crippen molar-refractivity contribution >= 4 is 0 Å². The van der Waals surface area contributed by atoms with Gasteiger partial charge >= 0.3 is 0 Å². The molecule has 0 heterocycles. The molecule has 6 heteroatoms. The van der Waals surface area contributed by atoms with Gasteiger partial charge in [0.15, 0.2) is 0 Å². The first-order valence-electron chi connectivity index (χ1n) is 6.63. The average Bonchev–Trinajstić information content (AvgIpc) is 2.28. The van der Waals surface area contributed by atoms with Crippen LogP contribution in [0.2, 0.25) is 0 Å². The Balaban J connectivity index is 0. The van der Waals surface area contributed by atoms with Crippen LogP contribution in [-0.2, 0) is 16.5 Å². The Morgan fingerprint density at radius 2 is 0.667 bits per heavy atom. The van der Waals surface area contributed by atoms with Crippen LogP contribution in [0, 0.1) is 0 Å². The Bertz CT molecular complexity index is 157. The van der Waals surface area contributed by atoms with Gasteiger partial charge in [0.05, 0.1) is 0 Å². The SMILES string of the molecule is NC1CCCCC1N.NC1CCCCC1N.[Cl-].[Ni]. The first-order valence-corrected chi connectivity index (χ1v) is 6.63. The minimum absolute atomic E-state index is 0. The van der Waals surface area contributed by atoms with E-state index in [0.717, 1.165) is 25.7 Å². The van der Waals surface area contributed by atoms with Crippen molar-refractivity contribution in [3.05, 3.63) is 0 Å². The van der Waals surface area contributed by atoms with E-state index in [2.05, 4.69) is 0 Å². The van der Waals surface area contributed by atoms with Gasteiger partial charge in [-0.1, -0.05) is 25.7 Å². The Morgan fingerprint density at radius 1 is 0.500 bits per heavy atom. The van der Waals surface area contributed by atoms with Crippen molar-refractivity contribution in [1.29, 1.82) is 0 Å². The Hall–Kier alpha value is 0.624. The summed E-state index contributed by atoms with van der Waals surface area (Å²) in [4.78, 5) is 0. The van der Waals surface area contributed by atoms with Crippen LogP contribution in [0.1, 0.15) is 51.4 Å². The van der Waals surface area contributed by atoms with E-state index in [1.807, 2.05) is 0 Å². The van der Waals surface area contributed by atoms with Crippen LogP contribution >= 0.6 is 0 Å². The molecule has 0 spiro atoms. The van der Waals surface area contributed by atoms with Gasteiger partial charge in [-0.05, 0) is 25.7 Å². The van der Waals surface area contributed by atoms with Crippen LogP contribution in [0.15, 0.2) is 0 Å². The molecule has 4 atom stereocenters. The molecular weight excluding hydrogens is 294 g/mol. The van der Waals surface area contributed by atoms with Crippen molar-refractivity contribution in [3.8, 4) is 0 Å². The molecule has 0 amide bonds. The fraction of sp³-hybridized carbons (Fsp3) is 1.00. The fourth-order valence-electron chi connectivity index (χ4n) is 2.38. The summed E-state index contributed by atoms with van der Waals surface area (Å²) in [6.45, 7) is 0. The Kier molecular flexibility index (Phi) is 13.3. The zero-order valence-electron chi connectivity index (χ0n) is 11.0. The van der Waals surface area contributed by atoms with Crippen molar-refractivity contribution in [3.63, 3.8) is 0 Å². The van der Waals surface area contributed by atoms with Gasteiger partial charge in [0.2, 0.25) is 0 Å². The molecule has 0 bridgehead atoms. The predicted octanol–water partition coefficient (Wildman–Crippen LogP) is -2.57. The standard InChI is InChI=1S/2C6H14N2.ClH.Ni/c2*7-5-3-1-2-4-6(5)8;;/h2*5-6H,1-4,7-8H2;1H;/p-1. The maximum absolute atomic E-state index is 5.65. The first-order chi connectivity index (χ1) is 7.61. The molecule has 0 aromatic carbocycles. The quantitative estimate of drug-likeness (QED) is 0.368. The van der Waals surface area contributed by atoms with Gasteiger partial charge in [0.1, 0.15) is 0 Å². The Morgan fingerprint density at radius 3 is 0.778 bits per heavy atom. The normalized spacial score (nSPS) is 35.3. The first kappa shape index (κ1) is 20.9. The van der Waals surface area contributed by atoms with Crippen molar-refractivity contribution in [2.45, 2.75) is 75.5 Å². The number of hydrogen-bond acceptors (Lipinski definition) is 4. The fourth-order valence-corrected chi connectivity index (χ4v) is 2.38. The summed E-state index contributed by atoms with van der Waals surface area (Å²) in [5, 5.41) is 0. The van der Waals surface area contributed by atoms with E-state index >= 15 is 0 Å². The third-order valence-corrected chi connectivity index (χ3v) is 3.75. The zero-order valence-corrected chi connectivity index (χ0v) is 12.7. The maximum atomic E-state index is 5.65. The van der Waals surface area contributed by atoms with Gasteiger partial charge < -0.3 is 35.3 Å². The van der Waals surface area contributed by atoms with Crippen LogP contribution in [0.3, 0.4) is 0 Å². The molecule has 0 radical (unpaired) electrons. The summed E-state index contributed by atoms with van der Waals surface area (Å²) in [5.41, 5.74) is 22.6. The molecule has 2 fully saturated rings. The van der Waals surface area contributed by atoms with Crippen molar-refractivity contribution < 1.29 is 28.9 Å². The van der Waals surface area contributed by atoms with Crippen LogP contribution in [0.5, 0.6) is 0 Å². The summed E-state index contributed by atoms with van der Waals surface area (Å²) in [6.07, 6.45) is 9.60. The van der Waals surface area contributed by atoms with Gasteiger partial charge in [-0.2, -0.15) is 0 Å². The van der Waals surface area contributed by atoms with Gasteiger partial charge in [0, 0.05) is 40.7 Å². The van der Waals surface area contributed by atoms with Crippen LogP contribution < -0.4 is 35.3 Å². The van der Waals surface area contributed by atoms with Crippen LogP contribution in [0.25, 0.3) is 0 Å². The van der Waals surface area contributed by atoms with Gasteiger partial charge in [0.25, 0.3) is 0 Å². The Labute approximate surface area is 127 Å². The molecule has 2 rings (SSSR count). The van der Waals surface area contributed by atoms with Crippen LogP contribution in [0.4, 0.5) is 0 Å². The van der Waals surface area contributed by atoms with Crippen molar-refractivity contribution in [2.75, 3.05) is 0 Å². The molecular formula is C12H28ClN4Ni-. The van der Waals surface area contributed by atoms with E-state index < -0.39 is 0 Å². The molecule has 114 valence electrons. The molecule has 2 aliphatic carbocycles. The van der Waals surface area contributed by atoms with Gasteiger partial charge in [-0.15, -0.1) is 0 Å². The third kappa shape index (κ3) is 7.93. The molecule has 8 N–H and O–H groups in total. The molecule has 2 saturated carbocycles. The summed E-state index contributed by atoms with van der Waals surface area (Å²) >= 11 is 0.